The molecule has 3 aromatic rings. The quantitative estimate of drug-likeness (QED) is 0.0812. The van der Waals surface area contributed by atoms with Crippen LogP contribution in [0.2, 0.25) is 0 Å². The number of carboxylic acid groups (broad SMARTS) is 1. The van der Waals surface area contributed by atoms with Gasteiger partial charge in [-0.3, -0.25) is 9.52 Å². The van der Waals surface area contributed by atoms with Gasteiger partial charge in [0, 0.05) is 17.5 Å². The molecular formula is C36H48N2O5S. The smallest absolute Gasteiger partial charge is 0.337 e. The average molecular weight is 621 g/mol. The van der Waals surface area contributed by atoms with Crippen molar-refractivity contribution < 1.29 is 23.1 Å². The van der Waals surface area contributed by atoms with E-state index in [-0.39, 0.29) is 27.6 Å². The molecule has 0 aromatic heterocycles. The standard InChI is InChI=1S/C36H48N2O5S/c1-2-3-4-5-6-7-8-9-10-11-12-13-14-15-16-19-27-37-35(39)30-25-26-32(36(40)41)33(28-30)38-44(42,43)34-24-20-22-29-21-17-18-23-31(29)34/h9-10,17-18,20-26,28,38H,2-8,11-16,19,27H2,1H3,(H,37,39)(H,40,41)/b10-9-. The van der Waals surface area contributed by atoms with E-state index < -0.39 is 16.0 Å². The van der Waals surface area contributed by atoms with E-state index in [1.165, 1.54) is 88.5 Å². The van der Waals surface area contributed by atoms with Crippen molar-refractivity contribution in [3.8, 4) is 0 Å². The van der Waals surface area contributed by atoms with Gasteiger partial charge in [0.15, 0.2) is 0 Å². The fraction of sp³-hybridized carbons (Fsp3) is 0.444. The second-order valence-electron chi connectivity index (χ2n) is 11.3. The van der Waals surface area contributed by atoms with Crippen LogP contribution in [0.3, 0.4) is 0 Å². The topological polar surface area (TPSA) is 113 Å². The number of nitrogens with one attached hydrogen (secondary N) is 2. The van der Waals surface area contributed by atoms with Crippen molar-refractivity contribution in [2.75, 3.05) is 11.3 Å². The van der Waals surface area contributed by atoms with E-state index in [1.807, 2.05) is 6.07 Å². The van der Waals surface area contributed by atoms with Crippen LogP contribution >= 0.6 is 0 Å². The Balaban J connectivity index is 1.40. The molecule has 0 saturated carbocycles. The zero-order chi connectivity index (χ0) is 31.6. The summed E-state index contributed by atoms with van der Waals surface area (Å²) < 4.78 is 29.0. The third-order valence-electron chi connectivity index (χ3n) is 7.77. The zero-order valence-corrected chi connectivity index (χ0v) is 26.8. The first-order valence-electron chi connectivity index (χ1n) is 16.1. The van der Waals surface area contributed by atoms with Gasteiger partial charge in [-0.2, -0.15) is 0 Å². The van der Waals surface area contributed by atoms with Crippen LogP contribution in [0.1, 0.15) is 118 Å². The Morgan fingerprint density at radius 2 is 1.36 bits per heavy atom. The van der Waals surface area contributed by atoms with Crippen LogP contribution < -0.4 is 10.0 Å². The minimum Gasteiger partial charge on any atom is -0.478 e. The van der Waals surface area contributed by atoms with E-state index >= 15 is 0 Å². The van der Waals surface area contributed by atoms with Gasteiger partial charge in [0.2, 0.25) is 0 Å². The van der Waals surface area contributed by atoms with Gasteiger partial charge in [-0.25, -0.2) is 13.2 Å². The molecule has 0 bridgehead atoms. The van der Waals surface area contributed by atoms with E-state index in [0.29, 0.717) is 11.9 Å². The molecule has 7 nitrogen and oxygen atoms in total. The van der Waals surface area contributed by atoms with Gasteiger partial charge in [0.25, 0.3) is 15.9 Å². The third-order valence-corrected chi connectivity index (χ3v) is 9.19. The highest BCUT2D eigenvalue weighted by atomic mass is 32.2. The molecule has 0 saturated heterocycles. The lowest BCUT2D eigenvalue weighted by Crippen LogP contribution is -2.25. The Morgan fingerprint density at radius 3 is 2.05 bits per heavy atom. The minimum absolute atomic E-state index is 0.0294. The molecule has 0 heterocycles. The maximum atomic E-state index is 13.3. The summed E-state index contributed by atoms with van der Waals surface area (Å²) in [5.74, 6) is -1.67. The molecule has 3 aromatic carbocycles. The first-order valence-corrected chi connectivity index (χ1v) is 17.6. The molecule has 44 heavy (non-hydrogen) atoms. The summed E-state index contributed by atoms with van der Waals surface area (Å²) in [5.41, 5.74) is -0.204. The highest BCUT2D eigenvalue weighted by molar-refractivity contribution is 7.93. The molecule has 1 amide bonds. The predicted molar refractivity (Wildman–Crippen MR) is 180 cm³/mol. The number of hydrogen-bond acceptors (Lipinski definition) is 4. The minimum atomic E-state index is -4.13. The Kier molecular flexibility index (Phi) is 15.0. The molecular weight excluding hydrogens is 572 g/mol. The number of carboxylic acids is 1. The molecule has 0 aliphatic rings. The van der Waals surface area contributed by atoms with Gasteiger partial charge in [-0.1, -0.05) is 113 Å². The van der Waals surface area contributed by atoms with Crippen molar-refractivity contribution >= 4 is 38.4 Å². The maximum Gasteiger partial charge on any atom is 0.337 e. The lowest BCUT2D eigenvalue weighted by Gasteiger charge is -2.14. The number of carbonyl (C=O) groups excluding carboxylic acids is 1. The Labute approximate surface area is 263 Å². The van der Waals surface area contributed by atoms with Gasteiger partial charge in [-0.05, 0) is 61.8 Å². The van der Waals surface area contributed by atoms with Crippen LogP contribution in [-0.4, -0.2) is 31.9 Å². The van der Waals surface area contributed by atoms with Crippen LogP contribution in [0.25, 0.3) is 10.8 Å². The van der Waals surface area contributed by atoms with E-state index in [9.17, 15) is 23.1 Å². The molecule has 0 atom stereocenters. The third kappa shape index (κ3) is 11.5. The number of anilines is 1. The van der Waals surface area contributed by atoms with Crippen molar-refractivity contribution in [3.63, 3.8) is 0 Å². The van der Waals surface area contributed by atoms with Gasteiger partial charge < -0.3 is 10.4 Å². The lowest BCUT2D eigenvalue weighted by atomic mass is 10.1. The highest BCUT2D eigenvalue weighted by Crippen LogP contribution is 2.27. The summed E-state index contributed by atoms with van der Waals surface area (Å²) in [4.78, 5) is 24.7. The van der Waals surface area contributed by atoms with E-state index in [2.05, 4.69) is 29.1 Å². The molecule has 3 rings (SSSR count). The predicted octanol–water partition coefficient (Wildman–Crippen LogP) is 9.11. The fourth-order valence-corrected chi connectivity index (χ4v) is 6.56. The number of hydrogen-bond donors (Lipinski definition) is 3. The molecule has 0 spiro atoms. The van der Waals surface area contributed by atoms with Crippen LogP contribution in [0.5, 0.6) is 0 Å². The Morgan fingerprint density at radius 1 is 0.750 bits per heavy atom. The number of benzene rings is 3. The summed E-state index contributed by atoms with van der Waals surface area (Å²) in [6, 6.07) is 15.9. The lowest BCUT2D eigenvalue weighted by molar-refractivity contribution is 0.0697. The van der Waals surface area contributed by atoms with Crippen molar-refractivity contribution in [2.24, 2.45) is 0 Å². The first-order chi connectivity index (χ1) is 21.3. The van der Waals surface area contributed by atoms with Crippen LogP contribution in [-0.2, 0) is 10.0 Å². The number of unbranched alkanes of at least 4 members (excludes halogenated alkanes) is 12. The molecule has 8 heteroatoms. The summed E-state index contributed by atoms with van der Waals surface area (Å²) in [7, 11) is -4.13. The average Bonchev–Trinajstić information content (AvgIpc) is 3.01. The summed E-state index contributed by atoms with van der Waals surface area (Å²) in [6.45, 7) is 2.75. The number of aromatic carboxylic acids is 1. The van der Waals surface area contributed by atoms with Crippen LogP contribution in [0.4, 0.5) is 5.69 Å². The van der Waals surface area contributed by atoms with Gasteiger partial charge in [-0.15, -0.1) is 0 Å². The normalized spacial score (nSPS) is 11.7. The Bertz CT molecular complexity index is 1480. The Hall–Kier alpha value is -3.65. The van der Waals surface area contributed by atoms with Crippen molar-refractivity contribution in [1.29, 1.82) is 0 Å². The molecule has 0 unspecified atom stereocenters. The number of carbonyl (C=O) groups is 2. The SMILES string of the molecule is CCCCCCCC/C=C\CCCCCCCCNC(=O)c1ccc(C(=O)O)c(NS(=O)(=O)c2cccc3ccccc23)c1. The molecule has 0 fully saturated rings. The maximum absolute atomic E-state index is 13.3. The summed E-state index contributed by atoms with van der Waals surface area (Å²) >= 11 is 0. The van der Waals surface area contributed by atoms with Crippen molar-refractivity contribution in [1.82, 2.24) is 5.32 Å². The van der Waals surface area contributed by atoms with Gasteiger partial charge >= 0.3 is 5.97 Å². The van der Waals surface area contributed by atoms with Crippen LogP contribution in [0.15, 0.2) is 77.7 Å². The molecule has 0 radical (unpaired) electrons. The van der Waals surface area contributed by atoms with E-state index in [4.69, 9.17) is 0 Å². The van der Waals surface area contributed by atoms with E-state index in [0.717, 1.165) is 31.1 Å². The number of sulfonamides is 1. The summed E-state index contributed by atoms with van der Waals surface area (Å²) in [5, 5.41) is 13.8. The molecule has 238 valence electrons. The molecule has 0 aliphatic heterocycles. The fourth-order valence-electron chi connectivity index (χ4n) is 5.26. The van der Waals surface area contributed by atoms with Gasteiger partial charge in [0.05, 0.1) is 16.1 Å². The number of amides is 1. The molecule has 3 N–H and O–H groups in total. The first kappa shape index (κ1) is 34.8. The van der Waals surface area contributed by atoms with Gasteiger partial charge in [0.1, 0.15) is 0 Å². The molecule has 0 aliphatic carbocycles. The number of rotatable bonds is 21. The number of allylic oxidation sites excluding steroid dienone is 2. The monoisotopic (exact) mass is 620 g/mol. The number of fused-ring (bicyclic) bond motifs is 1. The second-order valence-corrected chi connectivity index (χ2v) is 13.0. The van der Waals surface area contributed by atoms with Crippen LogP contribution in [0, 0.1) is 0 Å². The summed E-state index contributed by atoms with van der Waals surface area (Å²) in [6.07, 6.45) is 21.6. The zero-order valence-electron chi connectivity index (χ0n) is 26.0. The van der Waals surface area contributed by atoms with Crippen molar-refractivity contribution in [3.05, 3.63) is 83.9 Å². The highest BCUT2D eigenvalue weighted by Gasteiger charge is 2.22. The van der Waals surface area contributed by atoms with E-state index in [1.54, 1.807) is 30.3 Å². The largest absolute Gasteiger partial charge is 0.478 e. The second kappa shape index (κ2) is 18.9. The van der Waals surface area contributed by atoms with Crippen molar-refractivity contribution in [2.45, 2.75) is 102 Å².